The molecule has 138 valence electrons. The molecule has 0 aliphatic carbocycles. The highest BCUT2D eigenvalue weighted by atomic mass is 16.5. The number of hydrogen-bond donors (Lipinski definition) is 0. The van der Waals surface area contributed by atoms with Crippen molar-refractivity contribution in [2.75, 3.05) is 32.1 Å². The van der Waals surface area contributed by atoms with E-state index in [1.54, 1.807) is 25.7 Å². The van der Waals surface area contributed by atoms with Crippen molar-refractivity contribution in [3.63, 3.8) is 0 Å². The summed E-state index contributed by atoms with van der Waals surface area (Å²) in [7, 11) is 3.55. The molecule has 1 aliphatic heterocycles. The molecule has 3 rings (SSSR count). The van der Waals surface area contributed by atoms with Gasteiger partial charge >= 0.3 is 0 Å². The smallest absolute Gasteiger partial charge is 0.226 e. The van der Waals surface area contributed by atoms with Crippen LogP contribution in [0.1, 0.15) is 31.4 Å². The molecule has 2 aromatic rings. The van der Waals surface area contributed by atoms with Crippen LogP contribution >= 0.6 is 0 Å². The van der Waals surface area contributed by atoms with E-state index in [2.05, 4.69) is 14.9 Å². The normalized spacial score (nSPS) is 16.2. The van der Waals surface area contributed by atoms with Gasteiger partial charge in [-0.15, -0.1) is 0 Å². The average molecular weight is 354 g/mol. The first-order valence-electron chi connectivity index (χ1n) is 9.02. The number of benzene rings is 1. The fourth-order valence-corrected chi connectivity index (χ4v) is 3.51. The largest absolute Gasteiger partial charge is 0.496 e. The van der Waals surface area contributed by atoms with E-state index in [0.29, 0.717) is 0 Å². The standard InChI is InChI=1S/C20H26N4O2/c1-15(17-6-4-5-7-18(17)26-3)23(2)20(25)16-8-12-24(13-9-16)19-14-21-10-11-22-19/h4-7,10-11,14-16H,8-9,12-13H2,1-3H3. The molecule has 1 unspecified atom stereocenters. The molecule has 1 aromatic heterocycles. The van der Waals surface area contributed by atoms with Crippen molar-refractivity contribution < 1.29 is 9.53 Å². The minimum Gasteiger partial charge on any atom is -0.496 e. The van der Waals surface area contributed by atoms with Crippen LogP contribution < -0.4 is 9.64 Å². The summed E-state index contributed by atoms with van der Waals surface area (Å²) in [6.45, 7) is 3.70. The Bertz CT molecular complexity index is 730. The number of hydrogen-bond acceptors (Lipinski definition) is 5. The van der Waals surface area contributed by atoms with Gasteiger partial charge in [0.1, 0.15) is 11.6 Å². The Morgan fingerprint density at radius 2 is 2.00 bits per heavy atom. The van der Waals surface area contributed by atoms with Gasteiger partial charge in [0.15, 0.2) is 0 Å². The molecule has 1 aliphatic rings. The van der Waals surface area contributed by atoms with Crippen LogP contribution in [0, 0.1) is 5.92 Å². The van der Waals surface area contributed by atoms with Gasteiger partial charge in [0.05, 0.1) is 19.3 Å². The first-order chi connectivity index (χ1) is 12.6. The molecule has 0 bridgehead atoms. The predicted octanol–water partition coefficient (Wildman–Crippen LogP) is 2.92. The van der Waals surface area contributed by atoms with E-state index < -0.39 is 0 Å². The number of carbonyl (C=O) groups is 1. The summed E-state index contributed by atoms with van der Waals surface area (Å²) in [5.41, 5.74) is 1.03. The maximum atomic E-state index is 13.0. The van der Waals surface area contributed by atoms with E-state index in [1.807, 2.05) is 43.1 Å². The Morgan fingerprint density at radius 3 is 2.65 bits per heavy atom. The summed E-state index contributed by atoms with van der Waals surface area (Å²) in [6, 6.07) is 7.84. The van der Waals surface area contributed by atoms with Gasteiger partial charge in [-0.05, 0) is 25.8 Å². The summed E-state index contributed by atoms with van der Waals surface area (Å²) in [4.78, 5) is 25.5. The summed E-state index contributed by atoms with van der Waals surface area (Å²) >= 11 is 0. The SMILES string of the molecule is COc1ccccc1C(C)N(C)C(=O)C1CCN(c2cnccn2)CC1. The van der Waals surface area contributed by atoms with Crippen LogP contribution in [-0.4, -0.2) is 48.0 Å². The van der Waals surface area contributed by atoms with Crippen LogP contribution in [0.15, 0.2) is 42.9 Å². The van der Waals surface area contributed by atoms with E-state index >= 15 is 0 Å². The van der Waals surface area contributed by atoms with Crippen LogP contribution in [-0.2, 0) is 4.79 Å². The number of nitrogens with zero attached hydrogens (tertiary/aromatic N) is 4. The minimum atomic E-state index is -0.0309. The number of aromatic nitrogens is 2. The number of rotatable bonds is 5. The molecule has 6 nitrogen and oxygen atoms in total. The quantitative estimate of drug-likeness (QED) is 0.826. The van der Waals surface area contributed by atoms with Gasteiger partial charge < -0.3 is 14.5 Å². The lowest BCUT2D eigenvalue weighted by molar-refractivity contribution is -0.136. The molecule has 1 fully saturated rings. The lowest BCUT2D eigenvalue weighted by Gasteiger charge is -2.35. The van der Waals surface area contributed by atoms with Gasteiger partial charge in [0, 0.05) is 44.0 Å². The number of para-hydroxylation sites is 1. The van der Waals surface area contributed by atoms with Crippen molar-refractivity contribution in [3.8, 4) is 5.75 Å². The third-order valence-electron chi connectivity index (χ3n) is 5.24. The van der Waals surface area contributed by atoms with Crippen molar-refractivity contribution >= 4 is 11.7 Å². The second kappa shape index (κ2) is 8.17. The van der Waals surface area contributed by atoms with E-state index in [0.717, 1.165) is 43.1 Å². The Hall–Kier alpha value is -2.63. The molecule has 0 spiro atoms. The van der Waals surface area contributed by atoms with E-state index in [9.17, 15) is 4.79 Å². The summed E-state index contributed by atoms with van der Waals surface area (Å²) in [5.74, 6) is 1.94. The molecule has 1 saturated heterocycles. The summed E-state index contributed by atoms with van der Waals surface area (Å²) < 4.78 is 5.45. The Balaban J connectivity index is 1.62. The monoisotopic (exact) mass is 354 g/mol. The van der Waals surface area contributed by atoms with Crippen molar-refractivity contribution in [1.82, 2.24) is 14.9 Å². The van der Waals surface area contributed by atoms with Crippen LogP contribution in [0.4, 0.5) is 5.82 Å². The molecule has 26 heavy (non-hydrogen) atoms. The van der Waals surface area contributed by atoms with E-state index in [1.165, 1.54) is 0 Å². The van der Waals surface area contributed by atoms with E-state index in [4.69, 9.17) is 4.74 Å². The highest BCUT2D eigenvalue weighted by Gasteiger charge is 2.30. The lowest BCUT2D eigenvalue weighted by atomic mass is 9.94. The first kappa shape index (κ1) is 18.2. The maximum absolute atomic E-state index is 13.0. The second-order valence-corrected chi connectivity index (χ2v) is 6.69. The number of methoxy groups -OCH3 is 1. The molecule has 1 aromatic carbocycles. The fourth-order valence-electron chi connectivity index (χ4n) is 3.51. The Labute approximate surface area is 154 Å². The molecule has 1 atom stereocenters. The van der Waals surface area contributed by atoms with Crippen LogP contribution in [0.3, 0.4) is 0 Å². The van der Waals surface area contributed by atoms with E-state index in [-0.39, 0.29) is 17.9 Å². The molecular weight excluding hydrogens is 328 g/mol. The zero-order chi connectivity index (χ0) is 18.5. The zero-order valence-corrected chi connectivity index (χ0v) is 15.6. The number of carbonyl (C=O) groups excluding carboxylic acids is 1. The average Bonchev–Trinajstić information content (AvgIpc) is 2.73. The minimum absolute atomic E-state index is 0.0309. The molecular formula is C20H26N4O2. The number of anilines is 1. The van der Waals surface area contributed by atoms with Gasteiger partial charge in [-0.1, -0.05) is 18.2 Å². The number of piperidine rings is 1. The Morgan fingerprint density at radius 1 is 1.27 bits per heavy atom. The van der Waals surface area contributed by atoms with Crippen molar-refractivity contribution in [2.24, 2.45) is 5.92 Å². The van der Waals surface area contributed by atoms with Crippen LogP contribution in [0.5, 0.6) is 5.75 Å². The van der Waals surface area contributed by atoms with Gasteiger partial charge in [0.2, 0.25) is 5.91 Å². The van der Waals surface area contributed by atoms with Crippen LogP contribution in [0.25, 0.3) is 0 Å². The van der Waals surface area contributed by atoms with Crippen molar-refractivity contribution in [2.45, 2.75) is 25.8 Å². The molecule has 0 saturated carbocycles. The molecule has 2 heterocycles. The number of ether oxygens (including phenoxy) is 1. The van der Waals surface area contributed by atoms with Crippen LogP contribution in [0.2, 0.25) is 0 Å². The highest BCUT2D eigenvalue weighted by molar-refractivity contribution is 5.79. The topological polar surface area (TPSA) is 58.6 Å². The van der Waals surface area contributed by atoms with Gasteiger partial charge in [-0.3, -0.25) is 9.78 Å². The third kappa shape index (κ3) is 3.79. The maximum Gasteiger partial charge on any atom is 0.226 e. The zero-order valence-electron chi connectivity index (χ0n) is 15.6. The second-order valence-electron chi connectivity index (χ2n) is 6.69. The third-order valence-corrected chi connectivity index (χ3v) is 5.24. The summed E-state index contributed by atoms with van der Waals surface area (Å²) in [6.07, 6.45) is 6.82. The van der Waals surface area contributed by atoms with Crippen molar-refractivity contribution in [3.05, 3.63) is 48.4 Å². The fraction of sp³-hybridized carbons (Fsp3) is 0.450. The van der Waals surface area contributed by atoms with Gasteiger partial charge in [-0.2, -0.15) is 0 Å². The highest BCUT2D eigenvalue weighted by Crippen LogP contribution is 2.30. The first-order valence-corrected chi connectivity index (χ1v) is 9.02. The molecule has 1 amide bonds. The van der Waals surface area contributed by atoms with Gasteiger partial charge in [-0.25, -0.2) is 4.98 Å². The summed E-state index contributed by atoms with van der Waals surface area (Å²) in [5, 5.41) is 0. The van der Waals surface area contributed by atoms with Crippen molar-refractivity contribution in [1.29, 1.82) is 0 Å². The molecule has 0 N–H and O–H groups in total. The molecule has 0 radical (unpaired) electrons. The predicted molar refractivity (Wildman–Crippen MR) is 101 cm³/mol. The lowest BCUT2D eigenvalue weighted by Crippen LogP contribution is -2.42. The Kier molecular flexibility index (Phi) is 5.71. The molecule has 6 heteroatoms. The van der Waals surface area contributed by atoms with Gasteiger partial charge in [0.25, 0.3) is 0 Å². The number of amides is 1.